The number of anilines is 1. The highest BCUT2D eigenvalue weighted by Crippen LogP contribution is 2.35. The second-order valence-corrected chi connectivity index (χ2v) is 5.46. The summed E-state index contributed by atoms with van der Waals surface area (Å²) in [5.41, 5.74) is 2.13. The first-order chi connectivity index (χ1) is 9.34. The molecule has 4 rings (SSSR count). The van der Waals surface area contributed by atoms with Crippen molar-refractivity contribution in [3.8, 4) is 0 Å². The minimum atomic E-state index is 0.245. The van der Waals surface area contributed by atoms with Crippen LogP contribution in [0.1, 0.15) is 19.3 Å². The number of carbonyl (C=O) groups excluding carboxylic acids is 1. The summed E-state index contributed by atoms with van der Waals surface area (Å²) < 4.78 is 0. The van der Waals surface area contributed by atoms with Crippen LogP contribution in [0, 0.1) is 0 Å². The summed E-state index contributed by atoms with van der Waals surface area (Å²) in [6.45, 7) is 1.04. The molecule has 19 heavy (non-hydrogen) atoms. The number of piperidine rings is 1. The van der Waals surface area contributed by atoms with Gasteiger partial charge in [0.2, 0.25) is 5.91 Å². The predicted octanol–water partition coefficient (Wildman–Crippen LogP) is 2.03. The van der Waals surface area contributed by atoms with Crippen molar-refractivity contribution in [1.82, 2.24) is 10.3 Å². The van der Waals surface area contributed by atoms with Crippen LogP contribution in [0.25, 0.3) is 10.9 Å². The van der Waals surface area contributed by atoms with Gasteiger partial charge in [0.1, 0.15) is 0 Å². The molecule has 1 aromatic carbocycles. The second kappa shape index (κ2) is 4.10. The van der Waals surface area contributed by atoms with Crippen molar-refractivity contribution in [3.63, 3.8) is 0 Å². The van der Waals surface area contributed by atoms with Crippen molar-refractivity contribution in [2.75, 3.05) is 11.4 Å². The number of fused-ring (bicyclic) bond motifs is 2. The zero-order valence-electron chi connectivity index (χ0n) is 10.7. The first-order valence-corrected chi connectivity index (χ1v) is 6.96. The van der Waals surface area contributed by atoms with E-state index in [1.54, 1.807) is 0 Å². The molecule has 0 aliphatic carbocycles. The van der Waals surface area contributed by atoms with E-state index in [2.05, 4.69) is 22.4 Å². The lowest BCUT2D eigenvalue weighted by Gasteiger charge is -2.31. The number of hydrogen-bond acceptors (Lipinski definition) is 2. The molecule has 2 aliphatic rings. The lowest BCUT2D eigenvalue weighted by molar-refractivity contribution is -0.117. The van der Waals surface area contributed by atoms with Gasteiger partial charge in [-0.1, -0.05) is 18.2 Å². The lowest BCUT2D eigenvalue weighted by Crippen LogP contribution is -2.47. The molecule has 0 saturated carbocycles. The molecule has 4 heteroatoms. The summed E-state index contributed by atoms with van der Waals surface area (Å²) in [5.74, 6) is 0.245. The Kier molecular flexibility index (Phi) is 2.38. The zero-order valence-corrected chi connectivity index (χ0v) is 10.7. The standard InChI is InChI=1S/C15H17N3O/c19-15-8-12-13(6-3-7-16-12)18(15)14-9-17-11-5-2-1-4-10(11)14/h1-2,4-5,9,12-13,16-17H,3,6-8H2. The highest BCUT2D eigenvalue weighted by molar-refractivity contribution is 6.05. The van der Waals surface area contributed by atoms with Gasteiger partial charge in [0.15, 0.2) is 0 Å². The Morgan fingerprint density at radius 2 is 2.16 bits per heavy atom. The number of nitrogens with zero attached hydrogens (tertiary/aromatic N) is 1. The molecular formula is C15H17N3O. The molecule has 0 spiro atoms. The molecule has 1 aromatic heterocycles. The Bertz CT molecular complexity index is 633. The number of aromatic amines is 1. The van der Waals surface area contributed by atoms with Gasteiger partial charge in [-0.05, 0) is 25.5 Å². The third-order valence-corrected chi connectivity index (χ3v) is 4.37. The Balaban J connectivity index is 1.80. The van der Waals surface area contributed by atoms with Crippen LogP contribution in [0.15, 0.2) is 30.5 Å². The predicted molar refractivity (Wildman–Crippen MR) is 75.2 cm³/mol. The highest BCUT2D eigenvalue weighted by atomic mass is 16.2. The van der Waals surface area contributed by atoms with Gasteiger partial charge in [-0.25, -0.2) is 0 Å². The van der Waals surface area contributed by atoms with Crippen LogP contribution in [0.3, 0.4) is 0 Å². The average Bonchev–Trinajstić information content (AvgIpc) is 2.98. The molecule has 4 nitrogen and oxygen atoms in total. The molecule has 2 fully saturated rings. The minimum absolute atomic E-state index is 0.245. The molecule has 2 atom stereocenters. The van der Waals surface area contributed by atoms with E-state index in [0.29, 0.717) is 18.5 Å². The molecule has 0 radical (unpaired) electrons. The topological polar surface area (TPSA) is 48.1 Å². The van der Waals surface area contributed by atoms with Crippen molar-refractivity contribution in [2.45, 2.75) is 31.3 Å². The van der Waals surface area contributed by atoms with Crippen molar-refractivity contribution in [1.29, 1.82) is 0 Å². The van der Waals surface area contributed by atoms with Crippen molar-refractivity contribution < 1.29 is 4.79 Å². The summed E-state index contributed by atoms with van der Waals surface area (Å²) in [6.07, 6.45) is 4.85. The fourth-order valence-corrected chi connectivity index (χ4v) is 3.49. The van der Waals surface area contributed by atoms with Crippen LogP contribution < -0.4 is 10.2 Å². The molecule has 3 heterocycles. The van der Waals surface area contributed by atoms with Gasteiger partial charge >= 0.3 is 0 Å². The maximum atomic E-state index is 12.4. The van der Waals surface area contributed by atoms with Crippen molar-refractivity contribution >= 4 is 22.5 Å². The van der Waals surface area contributed by atoms with Crippen LogP contribution >= 0.6 is 0 Å². The summed E-state index contributed by atoms with van der Waals surface area (Å²) in [5, 5.41) is 4.62. The van der Waals surface area contributed by atoms with E-state index < -0.39 is 0 Å². The number of aromatic nitrogens is 1. The van der Waals surface area contributed by atoms with E-state index in [1.165, 1.54) is 0 Å². The maximum absolute atomic E-state index is 12.4. The monoisotopic (exact) mass is 255 g/mol. The number of carbonyl (C=O) groups is 1. The van der Waals surface area contributed by atoms with Crippen molar-refractivity contribution in [2.24, 2.45) is 0 Å². The van der Waals surface area contributed by atoms with E-state index in [9.17, 15) is 4.79 Å². The van der Waals surface area contributed by atoms with Gasteiger partial charge in [0.25, 0.3) is 0 Å². The molecular weight excluding hydrogens is 238 g/mol. The fourth-order valence-electron chi connectivity index (χ4n) is 3.49. The van der Waals surface area contributed by atoms with E-state index in [-0.39, 0.29) is 5.91 Å². The van der Waals surface area contributed by atoms with Crippen LogP contribution in [0.5, 0.6) is 0 Å². The summed E-state index contributed by atoms with van der Waals surface area (Å²) in [6, 6.07) is 8.82. The van der Waals surface area contributed by atoms with Gasteiger partial charge < -0.3 is 15.2 Å². The normalized spacial score (nSPS) is 26.9. The highest BCUT2D eigenvalue weighted by Gasteiger charge is 2.42. The number of H-pyrrole nitrogens is 1. The molecule has 1 amide bonds. The number of benzene rings is 1. The molecule has 2 N–H and O–H groups in total. The number of nitrogens with one attached hydrogen (secondary N) is 2. The quantitative estimate of drug-likeness (QED) is 0.819. The van der Waals surface area contributed by atoms with Crippen molar-refractivity contribution in [3.05, 3.63) is 30.5 Å². The van der Waals surface area contributed by atoms with E-state index >= 15 is 0 Å². The number of amides is 1. The second-order valence-electron chi connectivity index (χ2n) is 5.46. The van der Waals surface area contributed by atoms with E-state index in [1.807, 2.05) is 23.2 Å². The third-order valence-electron chi connectivity index (χ3n) is 4.37. The van der Waals surface area contributed by atoms with Crippen LogP contribution in [0.4, 0.5) is 5.69 Å². The average molecular weight is 255 g/mol. The Morgan fingerprint density at radius 3 is 3.11 bits per heavy atom. The molecule has 98 valence electrons. The minimum Gasteiger partial charge on any atom is -0.359 e. The Labute approximate surface area is 111 Å². The number of para-hydroxylation sites is 1. The SMILES string of the molecule is O=C1CC2NCCCC2N1c1c[nH]c2ccccc12. The Morgan fingerprint density at radius 1 is 1.26 bits per heavy atom. The number of rotatable bonds is 1. The largest absolute Gasteiger partial charge is 0.359 e. The van der Waals surface area contributed by atoms with E-state index in [0.717, 1.165) is 36.0 Å². The Hall–Kier alpha value is -1.81. The van der Waals surface area contributed by atoms with Gasteiger partial charge in [-0.2, -0.15) is 0 Å². The maximum Gasteiger partial charge on any atom is 0.229 e. The zero-order chi connectivity index (χ0) is 12.8. The first kappa shape index (κ1) is 11.1. The fraction of sp³-hybridized carbons (Fsp3) is 0.400. The summed E-state index contributed by atoms with van der Waals surface area (Å²) in [4.78, 5) is 17.6. The molecule has 2 unspecified atom stereocenters. The van der Waals surface area contributed by atoms with E-state index in [4.69, 9.17) is 0 Å². The molecule has 2 aromatic rings. The summed E-state index contributed by atoms with van der Waals surface area (Å²) >= 11 is 0. The third kappa shape index (κ3) is 1.60. The number of hydrogen-bond donors (Lipinski definition) is 2. The molecule has 0 bridgehead atoms. The lowest BCUT2D eigenvalue weighted by atomic mass is 9.99. The summed E-state index contributed by atoms with van der Waals surface area (Å²) in [7, 11) is 0. The van der Waals surface area contributed by atoms with Crippen LogP contribution in [0.2, 0.25) is 0 Å². The first-order valence-electron chi connectivity index (χ1n) is 6.96. The molecule has 2 aliphatic heterocycles. The smallest absolute Gasteiger partial charge is 0.229 e. The molecule has 2 saturated heterocycles. The van der Waals surface area contributed by atoms with Gasteiger partial charge in [-0.15, -0.1) is 0 Å². The van der Waals surface area contributed by atoms with Crippen LogP contribution in [-0.4, -0.2) is 29.5 Å². The van der Waals surface area contributed by atoms with Gasteiger partial charge in [0.05, 0.1) is 11.7 Å². The van der Waals surface area contributed by atoms with Gasteiger partial charge in [-0.3, -0.25) is 4.79 Å². The van der Waals surface area contributed by atoms with Gasteiger partial charge in [0, 0.05) is 29.6 Å². The van der Waals surface area contributed by atoms with Crippen LogP contribution in [-0.2, 0) is 4.79 Å².